The van der Waals surface area contributed by atoms with Crippen LogP contribution in [0.4, 0.5) is 5.69 Å². The molecule has 0 amide bonds. The fourth-order valence-corrected chi connectivity index (χ4v) is 3.09. The molecule has 2 rings (SSSR count). The van der Waals surface area contributed by atoms with Crippen molar-refractivity contribution in [2.45, 2.75) is 51.9 Å². The lowest BCUT2D eigenvalue weighted by atomic mass is 10.1. The number of nitrogens with zero attached hydrogens (tertiary/aromatic N) is 1. The van der Waals surface area contributed by atoms with Gasteiger partial charge < -0.3 is 15.0 Å². The van der Waals surface area contributed by atoms with Crippen molar-refractivity contribution in [3.05, 3.63) is 28.2 Å². The summed E-state index contributed by atoms with van der Waals surface area (Å²) in [6.07, 6.45) is 1.39. The third-order valence-corrected chi connectivity index (χ3v) is 4.46. The average Bonchev–Trinajstić information content (AvgIpc) is 2.82. The van der Waals surface area contributed by atoms with Gasteiger partial charge in [0.05, 0.1) is 12.1 Å². The first-order chi connectivity index (χ1) is 9.49. The van der Waals surface area contributed by atoms with Crippen LogP contribution in [0.15, 0.2) is 22.7 Å². The zero-order valence-electron chi connectivity index (χ0n) is 12.8. The summed E-state index contributed by atoms with van der Waals surface area (Å²) in [4.78, 5) is 2.37. The van der Waals surface area contributed by atoms with E-state index in [4.69, 9.17) is 4.74 Å². The van der Waals surface area contributed by atoms with Crippen molar-refractivity contribution in [1.82, 2.24) is 5.32 Å². The van der Waals surface area contributed by atoms with Crippen molar-refractivity contribution in [3.8, 4) is 0 Å². The van der Waals surface area contributed by atoms with Crippen LogP contribution in [0.1, 0.15) is 32.8 Å². The quantitative estimate of drug-likeness (QED) is 0.886. The lowest BCUT2D eigenvalue weighted by Gasteiger charge is -2.31. The molecule has 20 heavy (non-hydrogen) atoms. The van der Waals surface area contributed by atoms with Crippen molar-refractivity contribution in [2.24, 2.45) is 0 Å². The van der Waals surface area contributed by atoms with Crippen molar-refractivity contribution in [1.29, 1.82) is 0 Å². The molecule has 1 aromatic carbocycles. The summed E-state index contributed by atoms with van der Waals surface area (Å²) in [5.74, 6) is 0. The Labute approximate surface area is 130 Å². The SMILES string of the molecule is CC(C)NCc1ccc(Br)cc1N(C)C1CCOC1C. The normalized spacial score (nSPS) is 22.5. The summed E-state index contributed by atoms with van der Waals surface area (Å²) < 4.78 is 6.83. The number of likely N-dealkylation sites (N-methyl/N-ethyl adjacent to an activating group) is 1. The summed E-state index contributed by atoms with van der Waals surface area (Å²) in [6, 6.07) is 7.48. The third kappa shape index (κ3) is 3.74. The van der Waals surface area contributed by atoms with E-state index in [1.165, 1.54) is 11.3 Å². The maximum absolute atomic E-state index is 5.71. The number of nitrogens with one attached hydrogen (secondary N) is 1. The number of ether oxygens (including phenoxy) is 1. The molecule has 1 aliphatic heterocycles. The monoisotopic (exact) mass is 340 g/mol. The Morgan fingerprint density at radius 2 is 2.20 bits per heavy atom. The van der Waals surface area contributed by atoms with Gasteiger partial charge in [-0.3, -0.25) is 0 Å². The predicted octanol–water partition coefficient (Wildman–Crippen LogP) is 3.56. The van der Waals surface area contributed by atoms with Crippen LogP contribution in [0.25, 0.3) is 0 Å². The second kappa shape index (κ2) is 6.92. The first-order valence-electron chi connectivity index (χ1n) is 7.35. The highest BCUT2D eigenvalue weighted by Gasteiger charge is 2.29. The molecule has 3 nitrogen and oxygen atoms in total. The van der Waals surface area contributed by atoms with Gasteiger partial charge in [-0.1, -0.05) is 35.8 Å². The molecule has 0 saturated carbocycles. The lowest BCUT2D eigenvalue weighted by molar-refractivity contribution is 0.118. The van der Waals surface area contributed by atoms with Crippen molar-refractivity contribution in [3.63, 3.8) is 0 Å². The Hall–Kier alpha value is -0.580. The van der Waals surface area contributed by atoms with Gasteiger partial charge in [0.2, 0.25) is 0 Å². The maximum Gasteiger partial charge on any atom is 0.0750 e. The summed E-state index contributed by atoms with van der Waals surface area (Å²) in [5, 5.41) is 3.51. The molecule has 1 saturated heterocycles. The van der Waals surface area contributed by atoms with Crippen LogP contribution in [-0.4, -0.2) is 31.8 Å². The first-order valence-corrected chi connectivity index (χ1v) is 8.14. The van der Waals surface area contributed by atoms with Crippen LogP contribution in [0, 0.1) is 0 Å². The van der Waals surface area contributed by atoms with E-state index in [0.29, 0.717) is 18.2 Å². The molecule has 1 fully saturated rings. The molecule has 2 unspecified atom stereocenters. The minimum atomic E-state index is 0.296. The Balaban J connectivity index is 2.21. The van der Waals surface area contributed by atoms with Gasteiger partial charge in [-0.05, 0) is 31.0 Å². The molecule has 0 spiro atoms. The number of rotatable bonds is 5. The van der Waals surface area contributed by atoms with E-state index in [0.717, 1.165) is 24.0 Å². The van der Waals surface area contributed by atoms with Crippen LogP contribution in [0.2, 0.25) is 0 Å². The molecule has 1 heterocycles. The summed E-state index contributed by atoms with van der Waals surface area (Å²) in [7, 11) is 2.18. The molecule has 0 aliphatic carbocycles. The van der Waals surface area contributed by atoms with E-state index >= 15 is 0 Å². The third-order valence-electron chi connectivity index (χ3n) is 3.96. The van der Waals surface area contributed by atoms with Gasteiger partial charge in [0, 0.05) is 36.4 Å². The molecule has 1 N–H and O–H groups in total. The summed E-state index contributed by atoms with van der Waals surface area (Å²) in [6.45, 7) is 8.28. The van der Waals surface area contributed by atoms with Crippen LogP contribution in [0.5, 0.6) is 0 Å². The number of hydrogen-bond acceptors (Lipinski definition) is 3. The number of halogens is 1. The zero-order valence-corrected chi connectivity index (χ0v) is 14.4. The molecule has 4 heteroatoms. The van der Waals surface area contributed by atoms with Crippen LogP contribution in [-0.2, 0) is 11.3 Å². The topological polar surface area (TPSA) is 24.5 Å². The Bertz CT molecular complexity index is 450. The first kappa shape index (κ1) is 15.8. The molecule has 0 bridgehead atoms. The van der Waals surface area contributed by atoms with Gasteiger partial charge in [0.15, 0.2) is 0 Å². The van der Waals surface area contributed by atoms with Gasteiger partial charge in [0.25, 0.3) is 0 Å². The Morgan fingerprint density at radius 1 is 1.45 bits per heavy atom. The second-order valence-corrected chi connectivity index (χ2v) is 6.77. The van der Waals surface area contributed by atoms with Gasteiger partial charge in [-0.2, -0.15) is 0 Å². The van der Waals surface area contributed by atoms with E-state index in [9.17, 15) is 0 Å². The van der Waals surface area contributed by atoms with Crippen LogP contribution < -0.4 is 10.2 Å². The fraction of sp³-hybridized carbons (Fsp3) is 0.625. The summed E-state index contributed by atoms with van der Waals surface area (Å²) >= 11 is 3.59. The highest BCUT2D eigenvalue weighted by Crippen LogP contribution is 2.29. The minimum Gasteiger partial charge on any atom is -0.376 e. The fourth-order valence-electron chi connectivity index (χ4n) is 2.74. The van der Waals surface area contributed by atoms with Crippen molar-refractivity contribution in [2.75, 3.05) is 18.6 Å². The lowest BCUT2D eigenvalue weighted by Crippen LogP contribution is -2.37. The van der Waals surface area contributed by atoms with Gasteiger partial charge in [0.1, 0.15) is 0 Å². The molecule has 1 aromatic rings. The van der Waals surface area contributed by atoms with Crippen molar-refractivity contribution >= 4 is 21.6 Å². The van der Waals surface area contributed by atoms with Crippen molar-refractivity contribution < 1.29 is 4.74 Å². The van der Waals surface area contributed by atoms with Crippen LogP contribution in [0.3, 0.4) is 0 Å². The standard InChI is InChI=1S/C16H25BrN2O/c1-11(2)18-10-13-5-6-14(17)9-16(13)19(4)15-7-8-20-12(15)3/h5-6,9,11-12,15,18H,7-8,10H2,1-4H3. The molecule has 0 aromatic heterocycles. The van der Waals surface area contributed by atoms with E-state index in [-0.39, 0.29) is 0 Å². The number of anilines is 1. The van der Waals surface area contributed by atoms with Gasteiger partial charge in [-0.25, -0.2) is 0 Å². The molecular formula is C16H25BrN2O. The molecule has 0 radical (unpaired) electrons. The predicted molar refractivity (Wildman–Crippen MR) is 88.3 cm³/mol. The van der Waals surface area contributed by atoms with E-state index in [1.807, 2.05) is 0 Å². The molecule has 112 valence electrons. The van der Waals surface area contributed by atoms with Gasteiger partial charge in [-0.15, -0.1) is 0 Å². The minimum absolute atomic E-state index is 0.296. The van der Waals surface area contributed by atoms with Crippen LogP contribution >= 0.6 is 15.9 Å². The zero-order chi connectivity index (χ0) is 14.7. The number of benzene rings is 1. The Kier molecular flexibility index (Phi) is 5.47. The average molecular weight is 341 g/mol. The molecular weight excluding hydrogens is 316 g/mol. The van der Waals surface area contributed by atoms with E-state index < -0.39 is 0 Å². The van der Waals surface area contributed by atoms with E-state index in [1.54, 1.807) is 0 Å². The van der Waals surface area contributed by atoms with E-state index in [2.05, 4.69) is 72.2 Å². The second-order valence-electron chi connectivity index (χ2n) is 5.85. The number of hydrogen-bond donors (Lipinski definition) is 1. The highest BCUT2D eigenvalue weighted by atomic mass is 79.9. The summed E-state index contributed by atoms with van der Waals surface area (Å²) in [5.41, 5.74) is 2.62. The molecule has 1 aliphatic rings. The smallest absolute Gasteiger partial charge is 0.0750 e. The van der Waals surface area contributed by atoms with Gasteiger partial charge >= 0.3 is 0 Å². The maximum atomic E-state index is 5.71. The Morgan fingerprint density at radius 3 is 2.80 bits per heavy atom. The molecule has 2 atom stereocenters. The highest BCUT2D eigenvalue weighted by molar-refractivity contribution is 9.10. The largest absolute Gasteiger partial charge is 0.376 e.